The molecule has 0 saturated heterocycles. The third-order valence-electron chi connectivity index (χ3n) is 2.01. The van der Waals surface area contributed by atoms with Crippen molar-refractivity contribution in [2.45, 2.75) is 6.54 Å². The minimum atomic E-state index is -1.13. The van der Waals surface area contributed by atoms with E-state index in [1.807, 2.05) is 6.07 Å². The number of ether oxygens (including phenoxy) is 1. The molecule has 0 unspecified atom stereocenters. The summed E-state index contributed by atoms with van der Waals surface area (Å²) in [4.78, 5) is 10.8. The van der Waals surface area contributed by atoms with E-state index in [0.29, 0.717) is 5.56 Å². The molecule has 5 nitrogen and oxygen atoms in total. The van der Waals surface area contributed by atoms with Gasteiger partial charge >= 0.3 is 5.97 Å². The number of nitrogens with zero attached hydrogens (tertiary/aromatic N) is 1. The van der Waals surface area contributed by atoms with Crippen LogP contribution < -0.4 is 10.5 Å². The van der Waals surface area contributed by atoms with Crippen molar-refractivity contribution in [1.29, 1.82) is 5.26 Å². The number of nitriles is 1. The summed E-state index contributed by atoms with van der Waals surface area (Å²) < 4.78 is 4.91. The molecule has 78 valence electrons. The van der Waals surface area contributed by atoms with Crippen LogP contribution in [0, 0.1) is 11.3 Å². The molecule has 5 heteroatoms. The van der Waals surface area contributed by atoms with Crippen LogP contribution in [-0.4, -0.2) is 18.2 Å². The van der Waals surface area contributed by atoms with Crippen LogP contribution in [0.3, 0.4) is 0 Å². The van der Waals surface area contributed by atoms with Crippen LogP contribution in [0.5, 0.6) is 5.75 Å². The van der Waals surface area contributed by atoms with Gasteiger partial charge in [0.25, 0.3) is 0 Å². The van der Waals surface area contributed by atoms with Gasteiger partial charge in [0.2, 0.25) is 0 Å². The number of carbonyl (C=O) groups is 1. The normalized spacial score (nSPS) is 9.40. The summed E-state index contributed by atoms with van der Waals surface area (Å²) in [5.74, 6) is -1.07. The Balaban J connectivity index is 3.50. The van der Waals surface area contributed by atoms with Crippen molar-refractivity contribution in [2.24, 2.45) is 5.73 Å². The van der Waals surface area contributed by atoms with Gasteiger partial charge in [0, 0.05) is 6.54 Å². The quantitative estimate of drug-likeness (QED) is 0.759. The van der Waals surface area contributed by atoms with Crippen LogP contribution >= 0.6 is 0 Å². The Hall–Kier alpha value is -2.06. The van der Waals surface area contributed by atoms with Gasteiger partial charge in [-0.05, 0) is 11.6 Å². The molecule has 1 rings (SSSR count). The molecule has 0 aliphatic heterocycles. The topological polar surface area (TPSA) is 96.3 Å². The fraction of sp³-hybridized carbons (Fsp3) is 0.200. The predicted octanol–water partition coefficient (Wildman–Crippen LogP) is 0.724. The van der Waals surface area contributed by atoms with Gasteiger partial charge in [0.1, 0.15) is 11.6 Å². The molecule has 0 atom stereocenters. The molecule has 1 aromatic carbocycles. The number of methoxy groups -OCH3 is 1. The van der Waals surface area contributed by atoms with E-state index in [1.165, 1.54) is 19.2 Å². The summed E-state index contributed by atoms with van der Waals surface area (Å²) in [6.07, 6.45) is 0. The van der Waals surface area contributed by atoms with Gasteiger partial charge in [-0.25, -0.2) is 4.79 Å². The lowest BCUT2D eigenvalue weighted by Gasteiger charge is -2.09. The molecule has 0 radical (unpaired) electrons. The Morgan fingerprint density at radius 2 is 2.33 bits per heavy atom. The van der Waals surface area contributed by atoms with Gasteiger partial charge in [-0.3, -0.25) is 0 Å². The van der Waals surface area contributed by atoms with Crippen molar-refractivity contribution in [3.63, 3.8) is 0 Å². The van der Waals surface area contributed by atoms with E-state index in [4.69, 9.17) is 20.8 Å². The molecule has 0 bridgehead atoms. The molecule has 15 heavy (non-hydrogen) atoms. The van der Waals surface area contributed by atoms with Gasteiger partial charge < -0.3 is 15.6 Å². The summed E-state index contributed by atoms with van der Waals surface area (Å²) >= 11 is 0. The number of carboxylic acid groups (broad SMARTS) is 1. The lowest BCUT2D eigenvalue weighted by molar-refractivity contribution is 0.0693. The highest BCUT2D eigenvalue weighted by atomic mass is 16.5. The highest BCUT2D eigenvalue weighted by Gasteiger charge is 2.17. The largest absolute Gasteiger partial charge is 0.494 e. The maximum atomic E-state index is 10.8. The zero-order valence-corrected chi connectivity index (χ0v) is 8.15. The average molecular weight is 206 g/mol. The first-order chi connectivity index (χ1) is 7.15. The molecule has 3 N–H and O–H groups in total. The lowest BCUT2D eigenvalue weighted by atomic mass is 10.0. The second-order valence-corrected chi connectivity index (χ2v) is 2.80. The molecular weight excluding hydrogens is 196 g/mol. The first-order valence-electron chi connectivity index (χ1n) is 4.19. The highest BCUT2D eigenvalue weighted by molar-refractivity contribution is 5.92. The number of carboxylic acids is 1. The van der Waals surface area contributed by atoms with E-state index in [2.05, 4.69) is 0 Å². The van der Waals surface area contributed by atoms with Gasteiger partial charge in [-0.1, -0.05) is 6.07 Å². The van der Waals surface area contributed by atoms with Crippen molar-refractivity contribution in [3.8, 4) is 11.8 Å². The zero-order valence-electron chi connectivity index (χ0n) is 8.15. The van der Waals surface area contributed by atoms with E-state index in [1.54, 1.807) is 0 Å². The zero-order chi connectivity index (χ0) is 11.4. The molecule has 0 spiro atoms. The van der Waals surface area contributed by atoms with E-state index >= 15 is 0 Å². The summed E-state index contributed by atoms with van der Waals surface area (Å²) in [6, 6.07) is 4.79. The Labute approximate surface area is 86.7 Å². The molecule has 1 aromatic rings. The van der Waals surface area contributed by atoms with Crippen molar-refractivity contribution in [1.82, 2.24) is 0 Å². The maximum Gasteiger partial charge on any atom is 0.339 e. The smallest absolute Gasteiger partial charge is 0.339 e. The fourth-order valence-electron chi connectivity index (χ4n) is 1.30. The number of aromatic carboxylic acids is 1. The minimum Gasteiger partial charge on any atom is -0.494 e. The molecule has 0 aliphatic carbocycles. The lowest BCUT2D eigenvalue weighted by Crippen LogP contribution is -2.07. The number of rotatable bonds is 3. The third-order valence-corrected chi connectivity index (χ3v) is 2.01. The molecular formula is C10H10N2O3. The van der Waals surface area contributed by atoms with Gasteiger partial charge in [-0.15, -0.1) is 0 Å². The fourth-order valence-corrected chi connectivity index (χ4v) is 1.30. The van der Waals surface area contributed by atoms with E-state index < -0.39 is 5.97 Å². The minimum absolute atomic E-state index is 0.0359. The van der Waals surface area contributed by atoms with Crippen LogP contribution in [0.1, 0.15) is 21.5 Å². The van der Waals surface area contributed by atoms with Crippen LogP contribution in [0.15, 0.2) is 12.1 Å². The Bertz CT molecular complexity index is 435. The number of nitrogens with two attached hydrogens (primary N) is 1. The summed E-state index contributed by atoms with van der Waals surface area (Å²) in [6.45, 7) is 0.166. The van der Waals surface area contributed by atoms with E-state index in [9.17, 15) is 4.79 Å². The van der Waals surface area contributed by atoms with Crippen LogP contribution in [0.25, 0.3) is 0 Å². The summed E-state index contributed by atoms with van der Waals surface area (Å²) in [7, 11) is 1.32. The number of benzene rings is 1. The average Bonchev–Trinajstić information content (AvgIpc) is 2.26. The van der Waals surface area contributed by atoms with E-state index in [0.717, 1.165) is 0 Å². The van der Waals surface area contributed by atoms with Crippen molar-refractivity contribution < 1.29 is 14.6 Å². The summed E-state index contributed by atoms with van der Waals surface area (Å²) in [5.41, 5.74) is 6.14. The predicted molar refractivity (Wildman–Crippen MR) is 52.6 cm³/mol. The standard InChI is InChI=1S/C10H10N2O3/c1-15-9-7(10(13)14)3-2-6(4-11)8(9)5-12/h2-3H,4,11H2,1H3,(H,13,14). The number of hydrogen-bond acceptors (Lipinski definition) is 4. The van der Waals surface area contributed by atoms with Crippen LogP contribution in [0.4, 0.5) is 0 Å². The molecule has 0 aromatic heterocycles. The third kappa shape index (κ3) is 1.90. The second kappa shape index (κ2) is 4.44. The summed E-state index contributed by atoms with van der Waals surface area (Å²) in [5, 5.41) is 17.7. The van der Waals surface area contributed by atoms with E-state index in [-0.39, 0.29) is 23.4 Å². The Morgan fingerprint density at radius 1 is 1.67 bits per heavy atom. The van der Waals surface area contributed by atoms with Crippen molar-refractivity contribution in [3.05, 3.63) is 28.8 Å². The van der Waals surface area contributed by atoms with Crippen LogP contribution in [0.2, 0.25) is 0 Å². The molecule has 0 saturated carbocycles. The molecule has 0 fully saturated rings. The second-order valence-electron chi connectivity index (χ2n) is 2.80. The Morgan fingerprint density at radius 3 is 2.73 bits per heavy atom. The van der Waals surface area contributed by atoms with Gasteiger partial charge in [-0.2, -0.15) is 5.26 Å². The molecule has 0 amide bonds. The van der Waals surface area contributed by atoms with Crippen molar-refractivity contribution >= 4 is 5.97 Å². The monoisotopic (exact) mass is 206 g/mol. The molecule has 0 heterocycles. The van der Waals surface area contributed by atoms with Crippen LogP contribution in [-0.2, 0) is 6.54 Å². The SMILES string of the molecule is COc1c(C(=O)O)ccc(CN)c1C#N. The molecule has 0 aliphatic rings. The first kappa shape index (κ1) is 11.0. The van der Waals surface area contributed by atoms with Gasteiger partial charge in [0.05, 0.1) is 12.7 Å². The Kier molecular flexibility index (Phi) is 3.26. The maximum absolute atomic E-state index is 10.8. The van der Waals surface area contributed by atoms with Gasteiger partial charge in [0.15, 0.2) is 5.75 Å². The first-order valence-corrected chi connectivity index (χ1v) is 4.19. The van der Waals surface area contributed by atoms with Crippen molar-refractivity contribution in [2.75, 3.05) is 7.11 Å². The number of hydrogen-bond donors (Lipinski definition) is 2. The highest BCUT2D eigenvalue weighted by Crippen LogP contribution is 2.26.